The largest absolute Gasteiger partial charge is 0.477 e. The van der Waals surface area contributed by atoms with Gasteiger partial charge in [-0.25, -0.2) is 48.3 Å². The predicted octanol–water partition coefficient (Wildman–Crippen LogP) is 10.0. The summed E-state index contributed by atoms with van der Waals surface area (Å²) in [6.45, 7) is 7.23. The molecule has 22 heteroatoms. The fraction of sp³-hybridized carbons (Fsp3) is 0.322. The van der Waals surface area contributed by atoms with E-state index in [1.54, 1.807) is 54.7 Å². The predicted molar refractivity (Wildman–Crippen MR) is 298 cm³/mol. The van der Waals surface area contributed by atoms with Crippen LogP contribution in [-0.4, -0.2) is 125 Å². The average Bonchev–Trinajstić information content (AvgIpc) is 4.23. The minimum Gasteiger partial charge on any atom is -0.477 e. The lowest BCUT2D eigenvalue weighted by molar-refractivity contribution is -0.0593. The van der Waals surface area contributed by atoms with E-state index in [0.717, 1.165) is 109 Å². The summed E-state index contributed by atoms with van der Waals surface area (Å²) >= 11 is 11.7. The summed E-state index contributed by atoms with van der Waals surface area (Å²) in [6, 6.07) is 23.6. The molecule has 4 aliphatic rings. The van der Waals surface area contributed by atoms with Gasteiger partial charge < -0.3 is 37.9 Å². The molecule has 0 unspecified atom stereocenters. The summed E-state index contributed by atoms with van der Waals surface area (Å²) < 4.78 is 60.2. The monoisotopic (exact) mass is 1140 g/mol. The van der Waals surface area contributed by atoms with E-state index in [1.165, 1.54) is 25.4 Å². The number of aromatic carboxylic acids is 1. The van der Waals surface area contributed by atoms with Crippen LogP contribution in [0.3, 0.4) is 0 Å². The molecule has 0 aliphatic carbocycles. The number of rotatable bonds is 18. The molecular weight excluding hydrogens is 1090 g/mol. The molecule has 0 spiro atoms. The number of halogens is 4. The van der Waals surface area contributed by atoms with E-state index >= 15 is 0 Å². The molecule has 2 fully saturated rings. The highest BCUT2D eigenvalue weighted by molar-refractivity contribution is 6.30. The van der Waals surface area contributed by atoms with Crippen LogP contribution in [0, 0.1) is 11.6 Å². The van der Waals surface area contributed by atoms with Crippen molar-refractivity contribution in [3.05, 3.63) is 177 Å². The maximum Gasteiger partial charge on any atom is 0.356 e. The molecule has 0 bridgehead atoms. The molecule has 8 aromatic rings. The molecule has 2 atom stereocenters. The Kier molecular flexibility index (Phi) is 17.0. The Balaban J connectivity index is 0.000000170. The highest BCUT2D eigenvalue weighted by atomic mass is 35.5. The summed E-state index contributed by atoms with van der Waals surface area (Å²) in [5, 5.41) is 10.1. The molecule has 0 amide bonds. The van der Waals surface area contributed by atoms with Crippen LogP contribution >= 0.6 is 23.2 Å². The van der Waals surface area contributed by atoms with Crippen molar-refractivity contribution in [3.8, 4) is 11.8 Å². The van der Waals surface area contributed by atoms with Crippen LogP contribution < -0.4 is 9.47 Å². The fourth-order valence-corrected chi connectivity index (χ4v) is 10.2. The van der Waals surface area contributed by atoms with Crippen molar-refractivity contribution in [3.63, 3.8) is 0 Å². The number of carboxylic acids is 1. The zero-order chi connectivity index (χ0) is 56.0. The van der Waals surface area contributed by atoms with Gasteiger partial charge in [0.05, 0.1) is 80.3 Å². The Morgan fingerprint density at radius 3 is 1.53 bits per heavy atom. The third-order valence-electron chi connectivity index (χ3n) is 14.6. The number of hydrogen-bond acceptors (Lipinski definition) is 15. The number of nitrogens with zero attached hydrogens (tertiary/aromatic N) is 10. The molecule has 1 N–H and O–H groups in total. The van der Waals surface area contributed by atoms with E-state index in [2.05, 4.69) is 51.0 Å². The number of pyridine rings is 4. The molecule has 10 heterocycles. The maximum atomic E-state index is 14.1. The number of carbonyl (C=O) groups is 2. The number of carbonyl (C=O) groups excluding carboxylic acids is 1. The van der Waals surface area contributed by atoms with Gasteiger partial charge in [-0.2, -0.15) is 0 Å². The topological polar surface area (TPSA) is 194 Å². The number of imidazole rings is 2. The molecule has 418 valence electrons. The van der Waals surface area contributed by atoms with E-state index in [-0.39, 0.29) is 36.8 Å². The molecule has 2 saturated heterocycles. The van der Waals surface area contributed by atoms with Crippen molar-refractivity contribution >= 4 is 68.4 Å². The van der Waals surface area contributed by atoms with Gasteiger partial charge in [-0.3, -0.25) is 9.80 Å². The minimum absolute atomic E-state index is 0.00251. The van der Waals surface area contributed by atoms with Gasteiger partial charge in [0.1, 0.15) is 53.2 Å². The molecule has 12 rings (SSSR count). The van der Waals surface area contributed by atoms with Crippen LogP contribution in [0.4, 0.5) is 8.78 Å². The second-order valence-corrected chi connectivity index (χ2v) is 20.8. The Hall–Kier alpha value is -7.72. The van der Waals surface area contributed by atoms with Crippen molar-refractivity contribution in [2.24, 2.45) is 0 Å². The van der Waals surface area contributed by atoms with Gasteiger partial charge in [-0.15, -0.1) is 0 Å². The first-order valence-electron chi connectivity index (χ1n) is 26.6. The molecule has 81 heavy (non-hydrogen) atoms. The Labute approximate surface area is 474 Å². The Morgan fingerprint density at radius 1 is 0.654 bits per heavy atom. The zero-order valence-electron chi connectivity index (χ0n) is 44.1. The third-order valence-corrected chi connectivity index (χ3v) is 15.1. The first kappa shape index (κ1) is 55.2. The summed E-state index contributed by atoms with van der Waals surface area (Å²) in [7, 11) is 1.35. The van der Waals surface area contributed by atoms with Gasteiger partial charge in [0.15, 0.2) is 5.69 Å². The number of esters is 1. The lowest BCUT2D eigenvalue weighted by Crippen LogP contribution is -2.33. The highest BCUT2D eigenvalue weighted by Crippen LogP contribution is 2.30. The van der Waals surface area contributed by atoms with Crippen molar-refractivity contribution in [2.45, 2.75) is 77.3 Å². The number of fused-ring (bicyclic) bond motifs is 2. The number of carboxylic acid groups (broad SMARTS) is 1. The fourth-order valence-electron chi connectivity index (χ4n) is 9.91. The molecule has 18 nitrogen and oxygen atoms in total. The van der Waals surface area contributed by atoms with Crippen LogP contribution in [0.1, 0.15) is 80.8 Å². The van der Waals surface area contributed by atoms with Crippen LogP contribution in [0.15, 0.2) is 109 Å². The SMILES string of the molecule is COC(=O)c1cc2c(cn1)nc(CN1CC=C(c3cccc(OCc4ccc(Cl)cc4F)n3)CC1)n2C[C@@H]1CCO1.O=C(O)c1cc2c(cn1)nc(CN1CC=C(c3cccc(OCc4ccc(Cl)cc4F)n3)CC1)n2C[C@@H]1CCO1. The van der Waals surface area contributed by atoms with Crippen LogP contribution in [0.25, 0.3) is 33.2 Å². The van der Waals surface area contributed by atoms with Crippen molar-refractivity contribution < 1.29 is 47.2 Å². The van der Waals surface area contributed by atoms with Gasteiger partial charge in [0.25, 0.3) is 0 Å². The summed E-state index contributed by atoms with van der Waals surface area (Å²) in [6.07, 6.45) is 11.3. The van der Waals surface area contributed by atoms with Gasteiger partial charge >= 0.3 is 11.9 Å². The summed E-state index contributed by atoms with van der Waals surface area (Å²) in [5.41, 5.74) is 8.01. The van der Waals surface area contributed by atoms with Gasteiger partial charge in [-0.05, 0) is 85.4 Å². The summed E-state index contributed by atoms with van der Waals surface area (Å²) in [5.74, 6) is 0.265. The molecule has 0 radical (unpaired) electrons. The van der Waals surface area contributed by atoms with Crippen molar-refractivity contribution in [1.29, 1.82) is 0 Å². The molecule has 0 saturated carbocycles. The summed E-state index contributed by atoms with van der Waals surface area (Å²) in [4.78, 5) is 55.4. The first-order chi connectivity index (χ1) is 39.4. The number of benzene rings is 2. The number of methoxy groups -OCH3 is 1. The second kappa shape index (κ2) is 25.0. The average molecular weight is 1140 g/mol. The quantitative estimate of drug-likeness (QED) is 0.0797. The van der Waals surface area contributed by atoms with Gasteiger partial charge in [-0.1, -0.05) is 59.6 Å². The first-order valence-corrected chi connectivity index (χ1v) is 27.3. The van der Waals surface area contributed by atoms with Crippen LogP contribution in [0.2, 0.25) is 10.0 Å². The second-order valence-electron chi connectivity index (χ2n) is 20.0. The van der Waals surface area contributed by atoms with Crippen molar-refractivity contribution in [1.82, 2.24) is 48.8 Å². The smallest absolute Gasteiger partial charge is 0.356 e. The third kappa shape index (κ3) is 13.2. The minimum atomic E-state index is -1.06. The normalized spacial score (nSPS) is 17.3. The molecular formula is C59H56Cl2F2N10O8. The van der Waals surface area contributed by atoms with E-state index in [4.69, 9.17) is 56.9 Å². The standard InChI is InChI=1S/C30H29ClFN5O4.C29H27ClFN5O4/c1-39-30(38)25-14-27-26(15-33-25)34-28(37(27)16-22-9-12-40-22)17-36-10-7-19(8-11-36)24-3-2-4-29(35-24)41-18-20-5-6-21(31)13-23(20)32;30-20-5-4-19(22(31)12-20)17-40-28-3-1-2-23(34-28)18-6-9-35(10-7-18)16-27-33-25-14-32-24(29(37)38)13-26(25)36(27)15-21-8-11-39-21/h2-7,13-15,22H,8-12,16-18H2,1H3;1-6,12-14,21H,7-11,15-17H2,(H,37,38)/t22-;21-/m00/s1. The van der Waals surface area contributed by atoms with Crippen LogP contribution in [-0.2, 0) is 53.6 Å². The zero-order valence-corrected chi connectivity index (χ0v) is 45.7. The Bertz CT molecular complexity index is 3700. The molecule has 6 aromatic heterocycles. The Morgan fingerprint density at radius 2 is 1.12 bits per heavy atom. The van der Waals surface area contributed by atoms with E-state index < -0.39 is 23.6 Å². The van der Waals surface area contributed by atoms with E-state index in [9.17, 15) is 23.5 Å². The number of aromatic nitrogens is 8. The van der Waals surface area contributed by atoms with Gasteiger partial charge in [0.2, 0.25) is 11.8 Å². The van der Waals surface area contributed by atoms with Crippen LogP contribution in [0.5, 0.6) is 11.8 Å². The highest BCUT2D eigenvalue weighted by Gasteiger charge is 2.27. The lowest BCUT2D eigenvalue weighted by atomic mass is 10.0. The van der Waals surface area contributed by atoms with E-state index in [0.29, 0.717) is 71.2 Å². The van der Waals surface area contributed by atoms with Gasteiger partial charge in [0, 0.05) is 72.7 Å². The number of hydrogen-bond donors (Lipinski definition) is 1. The molecule has 4 aliphatic heterocycles. The van der Waals surface area contributed by atoms with Crippen molar-refractivity contribution in [2.75, 3.05) is 46.5 Å². The molecule has 2 aromatic carbocycles. The number of ether oxygens (including phenoxy) is 5. The van der Waals surface area contributed by atoms with E-state index in [1.807, 2.05) is 24.3 Å². The maximum absolute atomic E-state index is 14.1. The lowest BCUT2D eigenvalue weighted by Gasteiger charge is -2.29.